The van der Waals surface area contributed by atoms with Crippen molar-refractivity contribution in [1.82, 2.24) is 5.32 Å². The van der Waals surface area contributed by atoms with Crippen molar-refractivity contribution in [2.75, 3.05) is 0 Å². The van der Waals surface area contributed by atoms with Crippen molar-refractivity contribution in [3.05, 3.63) is 33.8 Å². The molecule has 0 atom stereocenters. The number of halogens is 2. The van der Waals surface area contributed by atoms with E-state index in [1.807, 2.05) is 6.07 Å². The Balaban J connectivity index is 1.91. The fraction of sp³-hybridized carbons (Fsp3) is 0.417. The highest BCUT2D eigenvalue weighted by Gasteiger charge is 2.24. The molecule has 1 aliphatic carbocycles. The molecule has 1 aromatic rings. The molecule has 0 heterocycles. The third-order valence-corrected chi connectivity index (χ3v) is 3.53. The molecule has 0 unspecified atom stereocenters. The SMILES string of the molecule is O=C(NCc1ccc(Cl)cc1Cl)C1CCC1. The third-order valence-electron chi connectivity index (χ3n) is 2.94. The number of carbonyl (C=O) groups excluding carboxylic acids is 1. The second-order valence-corrected chi connectivity index (χ2v) is 4.92. The minimum Gasteiger partial charge on any atom is -0.352 e. The van der Waals surface area contributed by atoms with Crippen LogP contribution in [-0.2, 0) is 11.3 Å². The van der Waals surface area contributed by atoms with Crippen molar-refractivity contribution in [2.45, 2.75) is 25.8 Å². The zero-order valence-corrected chi connectivity index (χ0v) is 10.3. The molecule has 0 aliphatic heterocycles. The summed E-state index contributed by atoms with van der Waals surface area (Å²) in [7, 11) is 0. The van der Waals surface area contributed by atoms with E-state index >= 15 is 0 Å². The molecule has 4 heteroatoms. The first-order chi connectivity index (χ1) is 7.66. The summed E-state index contributed by atoms with van der Waals surface area (Å²) in [5.74, 6) is 0.350. The number of rotatable bonds is 3. The molecule has 1 N–H and O–H groups in total. The third kappa shape index (κ3) is 2.69. The maximum Gasteiger partial charge on any atom is 0.223 e. The molecule has 1 amide bonds. The lowest BCUT2D eigenvalue weighted by Crippen LogP contribution is -2.34. The van der Waals surface area contributed by atoms with Crippen molar-refractivity contribution < 1.29 is 4.79 Å². The van der Waals surface area contributed by atoms with E-state index in [0.29, 0.717) is 16.6 Å². The van der Waals surface area contributed by atoms with E-state index in [4.69, 9.17) is 23.2 Å². The molecule has 1 fully saturated rings. The summed E-state index contributed by atoms with van der Waals surface area (Å²) < 4.78 is 0. The Morgan fingerprint density at radius 1 is 1.38 bits per heavy atom. The molecule has 1 saturated carbocycles. The first-order valence-corrected chi connectivity index (χ1v) is 6.14. The molecular formula is C12H13Cl2NO. The number of benzene rings is 1. The van der Waals surface area contributed by atoms with Crippen LogP contribution in [0.1, 0.15) is 24.8 Å². The van der Waals surface area contributed by atoms with E-state index in [9.17, 15) is 4.79 Å². The van der Waals surface area contributed by atoms with Crippen molar-refractivity contribution in [3.8, 4) is 0 Å². The van der Waals surface area contributed by atoms with Crippen LogP contribution in [0.25, 0.3) is 0 Å². The van der Waals surface area contributed by atoms with Gasteiger partial charge < -0.3 is 5.32 Å². The van der Waals surface area contributed by atoms with Gasteiger partial charge >= 0.3 is 0 Å². The summed E-state index contributed by atoms with van der Waals surface area (Å²) in [5, 5.41) is 4.10. The van der Waals surface area contributed by atoms with Crippen LogP contribution in [0, 0.1) is 5.92 Å². The Labute approximate surface area is 105 Å². The Morgan fingerprint density at radius 2 is 2.12 bits per heavy atom. The van der Waals surface area contributed by atoms with Crippen LogP contribution in [-0.4, -0.2) is 5.91 Å². The summed E-state index contributed by atoms with van der Waals surface area (Å²) in [5.41, 5.74) is 0.902. The van der Waals surface area contributed by atoms with Gasteiger partial charge in [-0.15, -0.1) is 0 Å². The fourth-order valence-corrected chi connectivity index (χ4v) is 2.14. The van der Waals surface area contributed by atoms with Gasteiger partial charge in [-0.2, -0.15) is 0 Å². The monoisotopic (exact) mass is 257 g/mol. The lowest BCUT2D eigenvalue weighted by atomic mass is 9.85. The van der Waals surface area contributed by atoms with E-state index in [2.05, 4.69) is 5.32 Å². The molecule has 2 rings (SSSR count). The van der Waals surface area contributed by atoms with Crippen LogP contribution in [0.3, 0.4) is 0 Å². The van der Waals surface area contributed by atoms with E-state index in [1.54, 1.807) is 12.1 Å². The van der Waals surface area contributed by atoms with Gasteiger partial charge in [0.1, 0.15) is 0 Å². The van der Waals surface area contributed by atoms with Gasteiger partial charge in [-0.3, -0.25) is 4.79 Å². The highest BCUT2D eigenvalue weighted by molar-refractivity contribution is 6.35. The zero-order valence-electron chi connectivity index (χ0n) is 8.80. The zero-order chi connectivity index (χ0) is 11.5. The largest absolute Gasteiger partial charge is 0.352 e. The van der Waals surface area contributed by atoms with E-state index < -0.39 is 0 Å². The van der Waals surface area contributed by atoms with Crippen LogP contribution in [0.4, 0.5) is 0 Å². The van der Waals surface area contributed by atoms with Crippen LogP contribution in [0.5, 0.6) is 0 Å². The molecule has 86 valence electrons. The van der Waals surface area contributed by atoms with Gasteiger partial charge in [0.05, 0.1) is 0 Å². The van der Waals surface area contributed by atoms with E-state index in [1.165, 1.54) is 6.42 Å². The van der Waals surface area contributed by atoms with Crippen molar-refractivity contribution in [1.29, 1.82) is 0 Å². The summed E-state index contributed by atoms with van der Waals surface area (Å²) in [4.78, 5) is 11.6. The topological polar surface area (TPSA) is 29.1 Å². The first kappa shape index (κ1) is 11.7. The minimum atomic E-state index is 0.136. The predicted octanol–water partition coefficient (Wildman–Crippen LogP) is 3.41. The Kier molecular flexibility index (Phi) is 3.72. The number of hydrogen-bond acceptors (Lipinski definition) is 1. The van der Waals surface area contributed by atoms with Crippen molar-refractivity contribution >= 4 is 29.1 Å². The first-order valence-electron chi connectivity index (χ1n) is 5.38. The summed E-state index contributed by atoms with van der Waals surface area (Å²) >= 11 is 11.8. The highest BCUT2D eigenvalue weighted by Crippen LogP contribution is 2.26. The quantitative estimate of drug-likeness (QED) is 0.884. The average Bonchev–Trinajstić information content (AvgIpc) is 2.13. The Hall–Kier alpha value is -0.730. The van der Waals surface area contributed by atoms with Crippen LogP contribution >= 0.6 is 23.2 Å². The smallest absolute Gasteiger partial charge is 0.223 e. The van der Waals surface area contributed by atoms with Gasteiger partial charge in [-0.1, -0.05) is 35.7 Å². The normalized spacial score (nSPS) is 15.6. The molecule has 0 spiro atoms. The molecule has 0 radical (unpaired) electrons. The van der Waals surface area contributed by atoms with Gasteiger partial charge in [0.2, 0.25) is 5.91 Å². The van der Waals surface area contributed by atoms with Crippen LogP contribution < -0.4 is 5.32 Å². The molecule has 0 bridgehead atoms. The second kappa shape index (κ2) is 5.07. The molecule has 1 aliphatic rings. The summed E-state index contributed by atoms with van der Waals surface area (Å²) in [6.07, 6.45) is 3.19. The fourth-order valence-electron chi connectivity index (χ4n) is 1.66. The van der Waals surface area contributed by atoms with Gasteiger partial charge in [-0.05, 0) is 30.5 Å². The lowest BCUT2D eigenvalue weighted by molar-refractivity contribution is -0.127. The number of carbonyl (C=O) groups is 1. The number of amides is 1. The maximum absolute atomic E-state index is 11.6. The van der Waals surface area contributed by atoms with Gasteiger partial charge in [0.25, 0.3) is 0 Å². The van der Waals surface area contributed by atoms with Crippen molar-refractivity contribution in [2.24, 2.45) is 5.92 Å². The van der Waals surface area contributed by atoms with Crippen LogP contribution in [0.15, 0.2) is 18.2 Å². The Bertz CT molecular complexity index is 402. The molecule has 16 heavy (non-hydrogen) atoms. The summed E-state index contributed by atoms with van der Waals surface area (Å²) in [6, 6.07) is 5.30. The van der Waals surface area contributed by atoms with Crippen molar-refractivity contribution in [3.63, 3.8) is 0 Å². The van der Waals surface area contributed by atoms with E-state index in [-0.39, 0.29) is 11.8 Å². The number of nitrogens with one attached hydrogen (secondary N) is 1. The number of hydrogen-bond donors (Lipinski definition) is 1. The maximum atomic E-state index is 11.6. The van der Waals surface area contributed by atoms with Gasteiger partial charge in [0.15, 0.2) is 0 Å². The Morgan fingerprint density at radius 3 is 2.69 bits per heavy atom. The average molecular weight is 258 g/mol. The molecule has 0 saturated heterocycles. The van der Waals surface area contributed by atoms with Crippen LogP contribution in [0.2, 0.25) is 10.0 Å². The molecule has 0 aromatic heterocycles. The predicted molar refractivity (Wildman–Crippen MR) is 65.6 cm³/mol. The minimum absolute atomic E-state index is 0.136. The second-order valence-electron chi connectivity index (χ2n) is 4.08. The standard InChI is InChI=1S/C12H13Cl2NO/c13-10-5-4-9(11(14)6-10)7-15-12(16)8-2-1-3-8/h4-6,8H,1-3,7H2,(H,15,16). The highest BCUT2D eigenvalue weighted by atomic mass is 35.5. The lowest BCUT2D eigenvalue weighted by Gasteiger charge is -2.24. The van der Waals surface area contributed by atoms with Gasteiger partial charge in [0, 0.05) is 22.5 Å². The summed E-state index contributed by atoms with van der Waals surface area (Å²) in [6.45, 7) is 0.478. The van der Waals surface area contributed by atoms with Gasteiger partial charge in [-0.25, -0.2) is 0 Å². The van der Waals surface area contributed by atoms with E-state index in [0.717, 1.165) is 18.4 Å². The molecular weight excluding hydrogens is 245 g/mol. The molecule has 2 nitrogen and oxygen atoms in total. The molecule has 1 aromatic carbocycles.